The number of carbonyl (C=O) groups is 4. The van der Waals surface area contributed by atoms with E-state index in [1.54, 1.807) is 4.90 Å². The maximum atomic E-state index is 14.1. The zero-order valence-corrected chi connectivity index (χ0v) is 24.7. The molecule has 3 rings (SSSR count). The number of benzene rings is 2. The molecule has 1 aliphatic rings. The molecule has 0 spiro atoms. The highest BCUT2D eigenvalue weighted by atomic mass is 16.6. The molecule has 9 nitrogen and oxygen atoms in total. The first kappa shape index (κ1) is 31.6. The van der Waals surface area contributed by atoms with Crippen molar-refractivity contribution in [1.29, 1.82) is 0 Å². The molecule has 0 aliphatic carbocycles. The molecule has 1 saturated heterocycles. The van der Waals surface area contributed by atoms with Crippen LogP contribution in [0.4, 0.5) is 4.79 Å². The number of carboxylic acids is 1. The van der Waals surface area contributed by atoms with Crippen LogP contribution in [-0.4, -0.2) is 64.7 Å². The van der Waals surface area contributed by atoms with Crippen LogP contribution in [-0.2, 0) is 31.0 Å². The quantitative estimate of drug-likeness (QED) is 0.395. The number of ether oxygens (including phenoxy) is 1. The first-order chi connectivity index (χ1) is 19.3. The monoisotopic (exact) mass is 565 g/mol. The second-order valence-corrected chi connectivity index (χ2v) is 12.2. The summed E-state index contributed by atoms with van der Waals surface area (Å²) < 4.78 is 5.54. The fraction of sp³-hybridized carbons (Fsp3) is 0.500. The Labute approximate surface area is 242 Å². The number of amides is 3. The molecule has 9 heteroatoms. The van der Waals surface area contributed by atoms with Gasteiger partial charge in [0.15, 0.2) is 0 Å². The van der Waals surface area contributed by atoms with Gasteiger partial charge < -0.3 is 25.4 Å². The minimum absolute atomic E-state index is 0.0603. The molecule has 0 unspecified atom stereocenters. The first-order valence-corrected chi connectivity index (χ1v) is 14.2. The maximum absolute atomic E-state index is 14.1. The van der Waals surface area contributed by atoms with Gasteiger partial charge in [0.2, 0.25) is 11.8 Å². The zero-order chi connectivity index (χ0) is 30.2. The summed E-state index contributed by atoms with van der Waals surface area (Å²) in [7, 11) is 0. The molecule has 0 saturated carbocycles. The van der Waals surface area contributed by atoms with E-state index in [1.807, 2.05) is 95.3 Å². The highest BCUT2D eigenvalue weighted by molar-refractivity contribution is 5.94. The molecule has 222 valence electrons. The molecule has 3 amide bonds. The molecule has 3 N–H and O–H groups in total. The van der Waals surface area contributed by atoms with Crippen LogP contribution in [0.2, 0.25) is 0 Å². The fourth-order valence-corrected chi connectivity index (χ4v) is 5.12. The maximum Gasteiger partial charge on any atom is 0.410 e. The van der Waals surface area contributed by atoms with Gasteiger partial charge >= 0.3 is 12.1 Å². The number of carbonyl (C=O) groups excluding carboxylic acids is 3. The lowest BCUT2D eigenvalue weighted by molar-refractivity contribution is -0.142. The zero-order valence-electron chi connectivity index (χ0n) is 24.7. The average Bonchev–Trinajstić information content (AvgIpc) is 2.92. The Morgan fingerprint density at radius 3 is 1.98 bits per heavy atom. The molecular formula is C32H43N3O6. The van der Waals surface area contributed by atoms with Crippen molar-refractivity contribution in [3.63, 3.8) is 0 Å². The Kier molecular flexibility index (Phi) is 10.5. The number of likely N-dealkylation sites (tertiary alicyclic amines) is 1. The topological polar surface area (TPSA) is 125 Å². The number of nitrogens with one attached hydrogen (secondary N) is 2. The third kappa shape index (κ3) is 8.80. The van der Waals surface area contributed by atoms with Crippen molar-refractivity contribution in [3.8, 4) is 0 Å². The average molecular weight is 566 g/mol. The Hall–Kier alpha value is -3.88. The van der Waals surface area contributed by atoms with Crippen molar-refractivity contribution in [2.45, 2.75) is 83.4 Å². The number of piperidine rings is 1. The summed E-state index contributed by atoms with van der Waals surface area (Å²) in [5, 5.41) is 15.4. The van der Waals surface area contributed by atoms with Gasteiger partial charge in [0, 0.05) is 19.5 Å². The molecule has 0 bridgehead atoms. The Morgan fingerprint density at radius 1 is 0.902 bits per heavy atom. The van der Waals surface area contributed by atoms with Gasteiger partial charge in [-0.3, -0.25) is 9.59 Å². The summed E-state index contributed by atoms with van der Waals surface area (Å²) in [4.78, 5) is 53.9. The Bertz CT molecular complexity index is 1180. The minimum atomic E-state index is -1.15. The van der Waals surface area contributed by atoms with Crippen molar-refractivity contribution < 1.29 is 29.0 Å². The second-order valence-electron chi connectivity index (χ2n) is 12.2. The van der Waals surface area contributed by atoms with Crippen LogP contribution in [0.3, 0.4) is 0 Å². The van der Waals surface area contributed by atoms with Gasteiger partial charge in [-0.25, -0.2) is 9.59 Å². The highest BCUT2D eigenvalue weighted by Gasteiger charge is 2.45. The standard InChI is InChI=1S/C32H43N3O6/c1-22(2)20-25(27(36)33-26(28(37)38)21-23-12-8-6-9-13-23)34-29(39)32(24-14-10-7-11-15-24)16-18-35(19-17-32)30(40)41-31(3,4)5/h6-15,22,25-26H,16-21H2,1-5H3,(H,33,36)(H,34,39)(H,37,38)/t25-,26-/m0/s1. The third-order valence-electron chi connectivity index (χ3n) is 7.26. The number of aliphatic carboxylic acids is 1. The lowest BCUT2D eigenvalue weighted by atomic mass is 9.71. The van der Waals surface area contributed by atoms with E-state index < -0.39 is 41.1 Å². The first-order valence-electron chi connectivity index (χ1n) is 14.2. The summed E-state index contributed by atoms with van der Waals surface area (Å²) in [6.45, 7) is 9.95. The number of nitrogens with zero attached hydrogens (tertiary/aromatic N) is 1. The van der Waals surface area contributed by atoms with E-state index in [0.29, 0.717) is 32.4 Å². The van der Waals surface area contributed by atoms with Gasteiger partial charge in [0.1, 0.15) is 17.7 Å². The van der Waals surface area contributed by atoms with Crippen LogP contribution in [0.15, 0.2) is 60.7 Å². The second kappa shape index (κ2) is 13.7. The molecule has 0 aromatic heterocycles. The lowest BCUT2D eigenvalue weighted by Crippen LogP contribution is -2.58. The lowest BCUT2D eigenvalue weighted by Gasteiger charge is -2.42. The van der Waals surface area contributed by atoms with Crippen molar-refractivity contribution in [1.82, 2.24) is 15.5 Å². The van der Waals surface area contributed by atoms with Crippen LogP contribution < -0.4 is 10.6 Å². The van der Waals surface area contributed by atoms with Crippen molar-refractivity contribution in [2.24, 2.45) is 5.92 Å². The number of rotatable bonds is 10. The molecule has 1 heterocycles. The predicted octanol–water partition coefficient (Wildman–Crippen LogP) is 4.30. The van der Waals surface area contributed by atoms with E-state index in [4.69, 9.17) is 4.74 Å². The van der Waals surface area contributed by atoms with Gasteiger partial charge in [-0.15, -0.1) is 0 Å². The van der Waals surface area contributed by atoms with Crippen molar-refractivity contribution in [2.75, 3.05) is 13.1 Å². The molecular weight excluding hydrogens is 522 g/mol. The molecule has 41 heavy (non-hydrogen) atoms. The molecule has 2 atom stereocenters. The summed E-state index contributed by atoms with van der Waals surface area (Å²) in [6.07, 6.45) is 0.742. The number of hydrogen-bond donors (Lipinski definition) is 3. The van der Waals surface area contributed by atoms with E-state index in [1.165, 1.54) is 0 Å². The highest BCUT2D eigenvalue weighted by Crippen LogP contribution is 2.36. The van der Waals surface area contributed by atoms with Crippen LogP contribution in [0.1, 0.15) is 65.0 Å². The van der Waals surface area contributed by atoms with E-state index in [2.05, 4.69) is 10.6 Å². The molecule has 1 aliphatic heterocycles. The summed E-state index contributed by atoms with van der Waals surface area (Å²) in [6, 6.07) is 16.4. The van der Waals surface area contributed by atoms with E-state index >= 15 is 0 Å². The van der Waals surface area contributed by atoms with Crippen molar-refractivity contribution >= 4 is 23.9 Å². The Balaban J connectivity index is 1.81. The largest absolute Gasteiger partial charge is 0.480 e. The van der Waals surface area contributed by atoms with E-state index in [9.17, 15) is 24.3 Å². The van der Waals surface area contributed by atoms with Crippen LogP contribution in [0.25, 0.3) is 0 Å². The number of hydrogen-bond acceptors (Lipinski definition) is 5. The van der Waals surface area contributed by atoms with Gasteiger partial charge in [-0.05, 0) is 57.1 Å². The molecule has 2 aromatic carbocycles. The SMILES string of the molecule is CC(C)C[C@H](NC(=O)C1(c2ccccc2)CCN(C(=O)OC(C)(C)C)CC1)C(=O)N[C@@H](Cc1ccccc1)C(=O)O. The predicted molar refractivity (Wildman–Crippen MR) is 156 cm³/mol. The molecule has 2 aromatic rings. The normalized spacial score (nSPS) is 16.4. The smallest absolute Gasteiger partial charge is 0.410 e. The number of carboxylic acid groups (broad SMARTS) is 1. The third-order valence-corrected chi connectivity index (χ3v) is 7.26. The van der Waals surface area contributed by atoms with Gasteiger partial charge in [0.05, 0.1) is 5.41 Å². The Morgan fingerprint density at radius 2 is 1.46 bits per heavy atom. The fourth-order valence-electron chi connectivity index (χ4n) is 5.12. The molecule has 1 fully saturated rings. The van der Waals surface area contributed by atoms with Crippen LogP contribution in [0, 0.1) is 5.92 Å². The van der Waals surface area contributed by atoms with E-state index in [0.717, 1.165) is 11.1 Å². The van der Waals surface area contributed by atoms with Crippen LogP contribution >= 0.6 is 0 Å². The summed E-state index contributed by atoms with van der Waals surface area (Å²) >= 11 is 0. The van der Waals surface area contributed by atoms with Crippen LogP contribution in [0.5, 0.6) is 0 Å². The van der Waals surface area contributed by atoms with E-state index in [-0.39, 0.29) is 18.2 Å². The summed E-state index contributed by atoms with van der Waals surface area (Å²) in [5.74, 6) is -1.94. The summed E-state index contributed by atoms with van der Waals surface area (Å²) in [5.41, 5.74) is -0.0124. The molecule has 0 radical (unpaired) electrons. The van der Waals surface area contributed by atoms with Crippen molar-refractivity contribution in [3.05, 3.63) is 71.8 Å². The van der Waals surface area contributed by atoms with Gasteiger partial charge in [-0.2, -0.15) is 0 Å². The van der Waals surface area contributed by atoms with Gasteiger partial charge in [0.25, 0.3) is 0 Å². The minimum Gasteiger partial charge on any atom is -0.480 e. The van der Waals surface area contributed by atoms with Gasteiger partial charge in [-0.1, -0.05) is 74.5 Å².